The van der Waals surface area contributed by atoms with Gasteiger partial charge in [0.1, 0.15) is 0 Å². The number of carbonyl (C=O) groups excluding carboxylic acids is 2. The van der Waals surface area contributed by atoms with Crippen LogP contribution >= 0.6 is 0 Å². The van der Waals surface area contributed by atoms with Crippen molar-refractivity contribution in [3.05, 3.63) is 54.2 Å². The van der Waals surface area contributed by atoms with Crippen molar-refractivity contribution in [2.75, 3.05) is 30.4 Å². The summed E-state index contributed by atoms with van der Waals surface area (Å²) in [7, 11) is 1.30. The van der Waals surface area contributed by atoms with Gasteiger partial charge >= 0.3 is 5.97 Å². The number of H-pyrrole nitrogens is 1. The topological polar surface area (TPSA) is 87.3 Å². The first-order valence-corrected chi connectivity index (χ1v) is 8.28. The zero-order valence-electron chi connectivity index (χ0n) is 14.7. The summed E-state index contributed by atoms with van der Waals surface area (Å²) in [5, 5.41) is 10.2. The maximum absolute atomic E-state index is 12.4. The van der Waals surface area contributed by atoms with Gasteiger partial charge in [-0.1, -0.05) is 18.2 Å². The fourth-order valence-electron chi connectivity index (χ4n) is 2.74. The Morgan fingerprint density at radius 3 is 2.65 bits per heavy atom. The van der Waals surface area contributed by atoms with Gasteiger partial charge in [0, 0.05) is 23.3 Å². The van der Waals surface area contributed by atoms with Crippen LogP contribution in [0.4, 0.5) is 11.4 Å². The number of anilines is 2. The minimum Gasteiger partial charge on any atom is -0.464 e. The molecule has 2 aromatic carbocycles. The van der Waals surface area contributed by atoms with Crippen LogP contribution in [0.25, 0.3) is 10.9 Å². The van der Waals surface area contributed by atoms with Gasteiger partial charge in [0.25, 0.3) is 0 Å². The zero-order valence-corrected chi connectivity index (χ0v) is 14.7. The summed E-state index contributed by atoms with van der Waals surface area (Å²) in [4.78, 5) is 26.2. The monoisotopic (exact) mass is 352 g/mol. The Labute approximate surface area is 151 Å². The van der Waals surface area contributed by atoms with Crippen molar-refractivity contribution in [3.63, 3.8) is 0 Å². The smallest absolute Gasteiger partial charge is 0.359 e. The highest BCUT2D eigenvalue weighted by molar-refractivity contribution is 6.04. The van der Waals surface area contributed by atoms with Crippen LogP contribution in [0.5, 0.6) is 0 Å². The molecular weight excluding hydrogens is 332 g/mol. The molecule has 0 radical (unpaired) electrons. The number of rotatable bonds is 6. The van der Waals surface area contributed by atoms with E-state index in [0.717, 1.165) is 5.69 Å². The third kappa shape index (κ3) is 3.66. The lowest BCUT2D eigenvalue weighted by Crippen LogP contribution is -2.33. The number of likely N-dealkylation sites (N-methyl/N-ethyl adjacent to an activating group) is 1. The number of fused-ring (bicyclic) bond motifs is 1. The summed E-state index contributed by atoms with van der Waals surface area (Å²) in [6.45, 7) is 2.94. The molecular formula is C19H20N4O3. The zero-order chi connectivity index (χ0) is 18.5. The number of ether oxygens (including phenoxy) is 1. The Morgan fingerprint density at radius 2 is 1.96 bits per heavy atom. The fraction of sp³-hybridized carbons (Fsp3) is 0.211. The molecule has 26 heavy (non-hydrogen) atoms. The lowest BCUT2D eigenvalue weighted by atomic mass is 10.2. The van der Waals surface area contributed by atoms with Gasteiger partial charge < -0.3 is 15.0 Å². The van der Waals surface area contributed by atoms with E-state index in [2.05, 4.69) is 15.5 Å². The Morgan fingerprint density at radius 1 is 1.19 bits per heavy atom. The number of benzene rings is 2. The van der Waals surface area contributed by atoms with Gasteiger partial charge in [-0.25, -0.2) is 4.79 Å². The first kappa shape index (κ1) is 17.5. The Bertz CT molecular complexity index is 921. The molecule has 0 fully saturated rings. The molecule has 2 N–H and O–H groups in total. The van der Waals surface area contributed by atoms with E-state index in [4.69, 9.17) is 4.74 Å². The van der Waals surface area contributed by atoms with Crippen molar-refractivity contribution in [2.24, 2.45) is 0 Å². The lowest BCUT2D eigenvalue weighted by molar-refractivity contribution is -0.115. The number of amides is 1. The average molecular weight is 352 g/mol. The molecule has 3 aromatic rings. The molecule has 3 rings (SSSR count). The van der Waals surface area contributed by atoms with Crippen molar-refractivity contribution in [3.8, 4) is 0 Å². The molecule has 1 amide bonds. The van der Waals surface area contributed by atoms with Crippen LogP contribution in [0.3, 0.4) is 0 Å². The van der Waals surface area contributed by atoms with Gasteiger partial charge in [0.15, 0.2) is 5.69 Å². The van der Waals surface area contributed by atoms with Crippen molar-refractivity contribution in [1.29, 1.82) is 0 Å². The van der Waals surface area contributed by atoms with Crippen LogP contribution in [0.15, 0.2) is 48.5 Å². The number of carbonyl (C=O) groups is 2. The second-order valence-corrected chi connectivity index (χ2v) is 5.72. The number of methoxy groups -OCH3 is 1. The quantitative estimate of drug-likeness (QED) is 0.666. The van der Waals surface area contributed by atoms with E-state index in [1.54, 1.807) is 18.2 Å². The highest BCUT2D eigenvalue weighted by atomic mass is 16.5. The minimum absolute atomic E-state index is 0.141. The van der Waals surface area contributed by atoms with Crippen LogP contribution in [-0.2, 0) is 9.53 Å². The SMILES string of the molecule is CCN(CC(=O)Nc1ccc2[nH]nc(C(=O)OC)c2c1)c1ccccc1. The number of aromatic amines is 1. The fourth-order valence-corrected chi connectivity index (χ4v) is 2.74. The normalized spacial score (nSPS) is 10.5. The summed E-state index contributed by atoms with van der Waals surface area (Å²) in [6.07, 6.45) is 0. The van der Waals surface area contributed by atoms with E-state index in [1.165, 1.54) is 7.11 Å². The van der Waals surface area contributed by atoms with Crippen molar-refractivity contribution in [2.45, 2.75) is 6.92 Å². The Kier molecular flexibility index (Phi) is 5.17. The number of hydrogen-bond acceptors (Lipinski definition) is 5. The molecule has 7 nitrogen and oxygen atoms in total. The number of nitrogens with zero attached hydrogens (tertiary/aromatic N) is 2. The summed E-state index contributed by atoms with van der Waals surface area (Å²) in [6, 6.07) is 15.0. The number of nitrogens with one attached hydrogen (secondary N) is 2. The van der Waals surface area contributed by atoms with Crippen LogP contribution in [0, 0.1) is 0 Å². The third-order valence-electron chi connectivity index (χ3n) is 4.06. The molecule has 0 aliphatic heterocycles. The summed E-state index contributed by atoms with van der Waals surface area (Å²) in [5.74, 6) is -0.667. The number of aromatic nitrogens is 2. The molecule has 0 aliphatic carbocycles. The van der Waals surface area contributed by atoms with Crippen molar-refractivity contribution < 1.29 is 14.3 Å². The van der Waals surface area contributed by atoms with Crippen molar-refractivity contribution >= 4 is 34.2 Å². The van der Waals surface area contributed by atoms with E-state index in [1.807, 2.05) is 42.2 Å². The van der Waals surface area contributed by atoms with Gasteiger partial charge in [0.05, 0.1) is 19.2 Å². The third-order valence-corrected chi connectivity index (χ3v) is 4.06. The van der Waals surface area contributed by atoms with Gasteiger partial charge in [-0.15, -0.1) is 0 Å². The minimum atomic E-state index is -0.527. The van der Waals surface area contributed by atoms with E-state index < -0.39 is 5.97 Å². The number of para-hydroxylation sites is 1. The van der Waals surface area contributed by atoms with Crippen LogP contribution < -0.4 is 10.2 Å². The average Bonchev–Trinajstić information content (AvgIpc) is 3.09. The van der Waals surface area contributed by atoms with Crippen LogP contribution in [0.1, 0.15) is 17.4 Å². The largest absolute Gasteiger partial charge is 0.464 e. The van der Waals surface area contributed by atoms with E-state index in [-0.39, 0.29) is 18.1 Å². The van der Waals surface area contributed by atoms with E-state index in [9.17, 15) is 9.59 Å². The summed E-state index contributed by atoms with van der Waals surface area (Å²) < 4.78 is 4.72. The van der Waals surface area contributed by atoms with Gasteiger partial charge in [-0.3, -0.25) is 9.89 Å². The molecule has 1 aromatic heterocycles. The predicted molar refractivity (Wildman–Crippen MR) is 100 cm³/mol. The molecule has 0 atom stereocenters. The second-order valence-electron chi connectivity index (χ2n) is 5.72. The van der Waals surface area contributed by atoms with Crippen LogP contribution in [-0.4, -0.2) is 42.3 Å². The number of esters is 1. The second kappa shape index (κ2) is 7.69. The van der Waals surface area contributed by atoms with E-state index in [0.29, 0.717) is 23.1 Å². The highest BCUT2D eigenvalue weighted by Crippen LogP contribution is 2.21. The molecule has 7 heteroatoms. The molecule has 0 bridgehead atoms. The standard InChI is InChI=1S/C19H20N4O3/c1-3-23(14-7-5-4-6-8-14)12-17(24)20-13-9-10-16-15(11-13)18(22-21-16)19(25)26-2/h4-11H,3,12H2,1-2H3,(H,20,24)(H,21,22). The molecule has 134 valence electrons. The number of hydrogen-bond donors (Lipinski definition) is 2. The van der Waals surface area contributed by atoms with Gasteiger partial charge in [0.2, 0.25) is 5.91 Å². The van der Waals surface area contributed by atoms with E-state index >= 15 is 0 Å². The predicted octanol–water partition coefficient (Wildman–Crippen LogP) is 2.81. The highest BCUT2D eigenvalue weighted by Gasteiger charge is 2.16. The van der Waals surface area contributed by atoms with Gasteiger partial charge in [-0.2, -0.15) is 5.10 Å². The molecule has 0 unspecified atom stereocenters. The maximum atomic E-state index is 12.4. The van der Waals surface area contributed by atoms with Crippen LogP contribution in [0.2, 0.25) is 0 Å². The summed E-state index contributed by atoms with van der Waals surface area (Å²) in [5.41, 5.74) is 2.47. The molecule has 0 spiro atoms. The first-order chi connectivity index (χ1) is 12.6. The maximum Gasteiger partial charge on any atom is 0.359 e. The van der Waals surface area contributed by atoms with Crippen molar-refractivity contribution in [1.82, 2.24) is 10.2 Å². The molecule has 0 aliphatic rings. The van der Waals surface area contributed by atoms with Gasteiger partial charge in [-0.05, 0) is 37.3 Å². The first-order valence-electron chi connectivity index (χ1n) is 8.28. The Hall–Kier alpha value is -3.35. The summed E-state index contributed by atoms with van der Waals surface area (Å²) >= 11 is 0. The molecule has 0 saturated heterocycles. The molecule has 0 saturated carbocycles. The Balaban J connectivity index is 1.75. The molecule has 1 heterocycles. The lowest BCUT2D eigenvalue weighted by Gasteiger charge is -2.22.